The third-order valence-corrected chi connectivity index (χ3v) is 3.50. The lowest BCUT2D eigenvalue weighted by Crippen LogP contribution is -2.01. The minimum atomic E-state index is -0.571. The average Bonchev–Trinajstić information content (AvgIpc) is 2.90. The van der Waals surface area contributed by atoms with Crippen molar-refractivity contribution in [3.05, 3.63) is 59.9 Å². The molecule has 0 aliphatic heterocycles. The molecule has 108 valence electrons. The first-order valence-corrected chi connectivity index (χ1v) is 6.95. The van der Waals surface area contributed by atoms with E-state index in [-0.39, 0.29) is 0 Å². The summed E-state index contributed by atoms with van der Waals surface area (Å²) in [6, 6.07) is 12.0. The highest BCUT2D eigenvalue weighted by Gasteiger charge is 2.13. The predicted molar refractivity (Wildman–Crippen MR) is 82.1 cm³/mol. The first-order chi connectivity index (χ1) is 10.1. The Labute approximate surface area is 123 Å². The maximum Gasteiger partial charge on any atom is 0.133 e. The van der Waals surface area contributed by atoms with Gasteiger partial charge in [-0.15, -0.1) is 0 Å². The van der Waals surface area contributed by atoms with Crippen molar-refractivity contribution in [1.82, 2.24) is 9.78 Å². The summed E-state index contributed by atoms with van der Waals surface area (Å²) in [6.07, 6.45) is 3.14. The first kappa shape index (κ1) is 13.6. The Balaban J connectivity index is 1.99. The van der Waals surface area contributed by atoms with E-state index in [1.807, 2.05) is 49.6 Å². The van der Waals surface area contributed by atoms with Crippen LogP contribution in [0.5, 0.6) is 5.75 Å². The fourth-order valence-corrected chi connectivity index (χ4v) is 2.45. The molecule has 0 aliphatic carbocycles. The summed E-state index contributed by atoms with van der Waals surface area (Å²) in [4.78, 5) is 0. The van der Waals surface area contributed by atoms with E-state index in [2.05, 4.69) is 5.10 Å². The highest BCUT2D eigenvalue weighted by atomic mass is 16.5. The van der Waals surface area contributed by atoms with Gasteiger partial charge in [-0.2, -0.15) is 5.10 Å². The Bertz CT molecular complexity index is 762. The molecule has 0 saturated heterocycles. The molecule has 0 unspecified atom stereocenters. The summed E-state index contributed by atoms with van der Waals surface area (Å²) >= 11 is 0. The maximum absolute atomic E-state index is 9.97. The Morgan fingerprint density at radius 1 is 1.24 bits per heavy atom. The monoisotopic (exact) mass is 282 g/mol. The number of aliphatic hydroxyl groups is 1. The number of rotatable bonds is 4. The highest BCUT2D eigenvalue weighted by Crippen LogP contribution is 2.34. The van der Waals surface area contributed by atoms with Crippen LogP contribution >= 0.6 is 0 Å². The second-order valence-corrected chi connectivity index (χ2v) is 5.19. The lowest BCUT2D eigenvalue weighted by Gasteiger charge is -2.15. The number of aryl methyl sites for hydroxylation is 1. The van der Waals surface area contributed by atoms with Gasteiger partial charge in [0.1, 0.15) is 12.4 Å². The summed E-state index contributed by atoms with van der Waals surface area (Å²) in [5.74, 6) is 0.743. The van der Waals surface area contributed by atoms with Crippen molar-refractivity contribution in [3.8, 4) is 5.75 Å². The molecule has 0 spiro atoms. The van der Waals surface area contributed by atoms with Gasteiger partial charge in [0.2, 0.25) is 0 Å². The topological polar surface area (TPSA) is 47.3 Å². The summed E-state index contributed by atoms with van der Waals surface area (Å²) < 4.78 is 7.75. The van der Waals surface area contributed by atoms with Gasteiger partial charge in [0.15, 0.2) is 0 Å². The van der Waals surface area contributed by atoms with Crippen LogP contribution in [0.15, 0.2) is 48.8 Å². The molecule has 4 nitrogen and oxygen atoms in total. The van der Waals surface area contributed by atoms with Crippen LogP contribution < -0.4 is 4.74 Å². The molecular formula is C17H18N2O2. The normalized spacial score (nSPS) is 12.5. The third-order valence-electron chi connectivity index (χ3n) is 3.50. The van der Waals surface area contributed by atoms with Crippen molar-refractivity contribution < 1.29 is 9.84 Å². The van der Waals surface area contributed by atoms with Crippen LogP contribution in [0.3, 0.4) is 0 Å². The van der Waals surface area contributed by atoms with Crippen molar-refractivity contribution >= 4 is 10.8 Å². The standard InChI is InChI=1S/C17H18N2O2/c1-12(20)15-8-7-14-5-3-4-6-16(14)17(15)21-11-13-9-18-19(2)10-13/h3-10,12,20H,11H2,1-2H3/t12-/m0/s1. The van der Waals surface area contributed by atoms with E-state index in [0.717, 1.165) is 27.6 Å². The molecule has 3 rings (SSSR count). The lowest BCUT2D eigenvalue weighted by atomic mass is 10.0. The van der Waals surface area contributed by atoms with E-state index in [9.17, 15) is 5.11 Å². The van der Waals surface area contributed by atoms with Crippen LogP contribution in [0.2, 0.25) is 0 Å². The zero-order valence-electron chi connectivity index (χ0n) is 12.2. The Hall–Kier alpha value is -2.33. The molecule has 2 aromatic carbocycles. The second kappa shape index (κ2) is 5.58. The molecule has 4 heteroatoms. The minimum Gasteiger partial charge on any atom is -0.488 e. The molecule has 0 bridgehead atoms. The van der Waals surface area contributed by atoms with E-state index in [4.69, 9.17) is 4.74 Å². The van der Waals surface area contributed by atoms with E-state index in [0.29, 0.717) is 6.61 Å². The fourth-order valence-electron chi connectivity index (χ4n) is 2.45. The van der Waals surface area contributed by atoms with Crippen molar-refractivity contribution in [2.45, 2.75) is 19.6 Å². The quantitative estimate of drug-likeness (QED) is 0.799. The molecule has 0 radical (unpaired) electrons. The lowest BCUT2D eigenvalue weighted by molar-refractivity contribution is 0.191. The summed E-state index contributed by atoms with van der Waals surface area (Å²) in [7, 11) is 1.88. The van der Waals surface area contributed by atoms with Crippen molar-refractivity contribution in [2.24, 2.45) is 7.05 Å². The SMILES string of the molecule is C[C@H](O)c1ccc2ccccc2c1OCc1cnn(C)c1. The van der Waals surface area contributed by atoms with Gasteiger partial charge in [-0.3, -0.25) is 4.68 Å². The predicted octanol–water partition coefficient (Wildman–Crippen LogP) is 3.21. The first-order valence-electron chi connectivity index (χ1n) is 6.95. The molecule has 1 aromatic heterocycles. The van der Waals surface area contributed by atoms with Crippen LogP contribution in [0.25, 0.3) is 10.8 Å². The van der Waals surface area contributed by atoms with E-state index >= 15 is 0 Å². The van der Waals surface area contributed by atoms with Gasteiger partial charge in [0.25, 0.3) is 0 Å². The van der Waals surface area contributed by atoms with Crippen LogP contribution in [-0.2, 0) is 13.7 Å². The molecule has 0 amide bonds. The average molecular weight is 282 g/mol. The number of nitrogens with zero attached hydrogens (tertiary/aromatic N) is 2. The van der Waals surface area contributed by atoms with Crippen molar-refractivity contribution in [2.75, 3.05) is 0 Å². The number of aromatic nitrogens is 2. The Morgan fingerprint density at radius 2 is 2.05 bits per heavy atom. The van der Waals surface area contributed by atoms with Gasteiger partial charge in [-0.1, -0.05) is 36.4 Å². The van der Waals surface area contributed by atoms with Gasteiger partial charge >= 0.3 is 0 Å². The van der Waals surface area contributed by atoms with Crippen LogP contribution in [0.1, 0.15) is 24.2 Å². The molecule has 3 aromatic rings. The van der Waals surface area contributed by atoms with E-state index in [1.54, 1.807) is 17.8 Å². The molecule has 0 aliphatic rings. The Kier molecular flexibility index (Phi) is 3.62. The number of fused-ring (bicyclic) bond motifs is 1. The molecule has 0 fully saturated rings. The van der Waals surface area contributed by atoms with Crippen LogP contribution in [0, 0.1) is 0 Å². The van der Waals surface area contributed by atoms with Gasteiger partial charge in [0.05, 0.1) is 12.3 Å². The summed E-state index contributed by atoms with van der Waals surface area (Å²) in [5.41, 5.74) is 1.81. The molecule has 1 N–H and O–H groups in total. The van der Waals surface area contributed by atoms with E-state index < -0.39 is 6.10 Å². The fraction of sp³-hybridized carbons (Fsp3) is 0.235. The number of aliphatic hydroxyl groups excluding tert-OH is 1. The molecule has 1 atom stereocenters. The summed E-state index contributed by atoms with van der Waals surface area (Å²) in [5, 5.41) is 16.2. The molecular weight excluding hydrogens is 264 g/mol. The minimum absolute atomic E-state index is 0.432. The molecule has 21 heavy (non-hydrogen) atoms. The molecule has 0 saturated carbocycles. The zero-order chi connectivity index (χ0) is 14.8. The van der Waals surface area contributed by atoms with Crippen molar-refractivity contribution in [1.29, 1.82) is 0 Å². The number of benzene rings is 2. The van der Waals surface area contributed by atoms with E-state index in [1.165, 1.54) is 0 Å². The smallest absolute Gasteiger partial charge is 0.133 e. The second-order valence-electron chi connectivity index (χ2n) is 5.19. The number of hydrogen-bond acceptors (Lipinski definition) is 3. The van der Waals surface area contributed by atoms with Crippen LogP contribution in [-0.4, -0.2) is 14.9 Å². The largest absolute Gasteiger partial charge is 0.488 e. The van der Waals surface area contributed by atoms with Gasteiger partial charge in [0, 0.05) is 29.8 Å². The van der Waals surface area contributed by atoms with Gasteiger partial charge in [-0.05, 0) is 12.3 Å². The van der Waals surface area contributed by atoms with Crippen molar-refractivity contribution in [3.63, 3.8) is 0 Å². The number of ether oxygens (including phenoxy) is 1. The zero-order valence-corrected chi connectivity index (χ0v) is 12.2. The summed E-state index contributed by atoms with van der Waals surface area (Å²) in [6.45, 7) is 2.18. The van der Waals surface area contributed by atoms with Gasteiger partial charge in [-0.25, -0.2) is 0 Å². The maximum atomic E-state index is 9.97. The Morgan fingerprint density at radius 3 is 2.76 bits per heavy atom. The third kappa shape index (κ3) is 2.76. The highest BCUT2D eigenvalue weighted by molar-refractivity contribution is 5.89. The van der Waals surface area contributed by atoms with Crippen LogP contribution in [0.4, 0.5) is 0 Å². The molecule has 1 heterocycles. The number of hydrogen-bond donors (Lipinski definition) is 1. The van der Waals surface area contributed by atoms with Gasteiger partial charge < -0.3 is 9.84 Å².